The standard InChI is InChI=1S/C29H29F3N6/c1-18(2)22-8-5-6-9-23(22)26-35-27(24-10-7-15-38(24)36-26)33-16-20-11-13-21(14-12-20)28-34-25(29(30,31)32)17-37(28)19(3)4/h5-15,17-19H,16H2,1-4H3,(H,33,35,36). The van der Waals surface area contributed by atoms with E-state index in [4.69, 9.17) is 10.1 Å². The summed E-state index contributed by atoms with van der Waals surface area (Å²) in [7, 11) is 0. The first kappa shape index (κ1) is 25.5. The summed E-state index contributed by atoms with van der Waals surface area (Å²) >= 11 is 0. The smallest absolute Gasteiger partial charge is 0.364 e. The van der Waals surface area contributed by atoms with Gasteiger partial charge in [-0.15, -0.1) is 5.10 Å². The molecular weight excluding hydrogens is 489 g/mol. The van der Waals surface area contributed by atoms with Crippen molar-refractivity contribution in [1.29, 1.82) is 0 Å². The maximum atomic E-state index is 13.3. The molecule has 0 aliphatic heterocycles. The van der Waals surface area contributed by atoms with Gasteiger partial charge in [-0.05, 0) is 43.0 Å². The summed E-state index contributed by atoms with van der Waals surface area (Å²) in [6.07, 6.45) is -1.53. The Morgan fingerprint density at radius 2 is 1.63 bits per heavy atom. The summed E-state index contributed by atoms with van der Waals surface area (Å²) in [6.45, 7) is 8.44. The molecular formula is C29H29F3N6. The van der Waals surface area contributed by atoms with Crippen LogP contribution in [0.25, 0.3) is 28.3 Å². The average molecular weight is 519 g/mol. The first-order valence-electron chi connectivity index (χ1n) is 12.6. The van der Waals surface area contributed by atoms with Crippen molar-refractivity contribution in [3.05, 3.63) is 89.9 Å². The second kappa shape index (κ2) is 9.96. The van der Waals surface area contributed by atoms with Crippen LogP contribution in [0.4, 0.5) is 19.0 Å². The van der Waals surface area contributed by atoms with Crippen LogP contribution in [0.15, 0.2) is 73.1 Å². The molecule has 2 aromatic carbocycles. The lowest BCUT2D eigenvalue weighted by Gasteiger charge is -2.14. The number of anilines is 1. The molecule has 196 valence electrons. The molecule has 0 atom stereocenters. The van der Waals surface area contributed by atoms with E-state index in [1.165, 1.54) is 5.56 Å². The van der Waals surface area contributed by atoms with E-state index in [2.05, 4.69) is 30.2 Å². The number of alkyl halides is 3. The number of benzene rings is 2. The molecule has 6 nitrogen and oxygen atoms in total. The van der Waals surface area contributed by atoms with E-state index < -0.39 is 11.9 Å². The lowest BCUT2D eigenvalue weighted by atomic mass is 9.97. The Labute approximate surface area is 219 Å². The zero-order chi connectivity index (χ0) is 27.0. The minimum absolute atomic E-state index is 0.160. The van der Waals surface area contributed by atoms with Crippen molar-refractivity contribution in [3.63, 3.8) is 0 Å². The quantitative estimate of drug-likeness (QED) is 0.241. The summed E-state index contributed by atoms with van der Waals surface area (Å²) < 4.78 is 43.2. The minimum Gasteiger partial charge on any atom is -0.364 e. The van der Waals surface area contributed by atoms with Crippen LogP contribution in [0.5, 0.6) is 0 Å². The highest BCUT2D eigenvalue weighted by Crippen LogP contribution is 2.33. The molecule has 0 radical (unpaired) electrons. The van der Waals surface area contributed by atoms with E-state index in [1.807, 2.05) is 67.0 Å². The normalized spacial score (nSPS) is 12.1. The molecule has 0 fully saturated rings. The van der Waals surface area contributed by atoms with E-state index in [1.54, 1.807) is 16.7 Å². The van der Waals surface area contributed by atoms with Gasteiger partial charge in [-0.2, -0.15) is 13.2 Å². The highest BCUT2D eigenvalue weighted by atomic mass is 19.4. The fraction of sp³-hybridized carbons (Fsp3) is 0.276. The van der Waals surface area contributed by atoms with Gasteiger partial charge in [0.2, 0.25) is 0 Å². The number of halogens is 3. The van der Waals surface area contributed by atoms with Gasteiger partial charge in [0.05, 0.1) is 0 Å². The van der Waals surface area contributed by atoms with Crippen molar-refractivity contribution in [2.24, 2.45) is 0 Å². The summed E-state index contributed by atoms with van der Waals surface area (Å²) in [6, 6.07) is 19.2. The molecule has 3 heterocycles. The molecule has 5 rings (SSSR count). The number of nitrogens with zero attached hydrogens (tertiary/aromatic N) is 5. The molecule has 38 heavy (non-hydrogen) atoms. The molecule has 1 N–H and O–H groups in total. The van der Waals surface area contributed by atoms with Gasteiger partial charge in [0.25, 0.3) is 0 Å². The Balaban J connectivity index is 1.41. The number of hydrogen-bond donors (Lipinski definition) is 1. The second-order valence-corrected chi connectivity index (χ2v) is 9.86. The Morgan fingerprint density at radius 3 is 2.32 bits per heavy atom. The highest BCUT2D eigenvalue weighted by molar-refractivity contribution is 5.71. The largest absolute Gasteiger partial charge is 0.434 e. The van der Waals surface area contributed by atoms with Gasteiger partial charge >= 0.3 is 6.18 Å². The summed E-state index contributed by atoms with van der Waals surface area (Å²) in [5.74, 6) is 1.96. The van der Waals surface area contributed by atoms with Crippen LogP contribution in [-0.2, 0) is 12.7 Å². The maximum Gasteiger partial charge on any atom is 0.434 e. The summed E-state index contributed by atoms with van der Waals surface area (Å²) in [4.78, 5) is 8.75. The number of nitrogens with one attached hydrogen (secondary N) is 1. The van der Waals surface area contributed by atoms with E-state index in [-0.39, 0.29) is 6.04 Å². The minimum atomic E-state index is -4.49. The first-order chi connectivity index (χ1) is 18.1. The topological polar surface area (TPSA) is 60.0 Å². The van der Waals surface area contributed by atoms with Crippen molar-refractivity contribution in [3.8, 4) is 22.8 Å². The average Bonchev–Trinajstić information content (AvgIpc) is 3.55. The third-order valence-electron chi connectivity index (χ3n) is 6.47. The maximum absolute atomic E-state index is 13.3. The van der Waals surface area contributed by atoms with Crippen LogP contribution < -0.4 is 5.32 Å². The Morgan fingerprint density at radius 1 is 0.895 bits per heavy atom. The van der Waals surface area contributed by atoms with Crippen LogP contribution in [0, 0.1) is 0 Å². The predicted molar refractivity (Wildman–Crippen MR) is 143 cm³/mol. The van der Waals surface area contributed by atoms with E-state index in [0.717, 1.165) is 22.8 Å². The molecule has 0 saturated heterocycles. The monoisotopic (exact) mass is 518 g/mol. The number of hydrogen-bond acceptors (Lipinski definition) is 4. The number of imidazole rings is 1. The molecule has 0 aliphatic carbocycles. The van der Waals surface area contributed by atoms with Crippen LogP contribution in [0.2, 0.25) is 0 Å². The number of aromatic nitrogens is 5. The lowest BCUT2D eigenvalue weighted by Crippen LogP contribution is -2.08. The lowest BCUT2D eigenvalue weighted by molar-refractivity contribution is -0.140. The Bertz CT molecular complexity index is 1560. The third kappa shape index (κ3) is 5.01. The molecule has 0 spiro atoms. The highest BCUT2D eigenvalue weighted by Gasteiger charge is 2.35. The van der Waals surface area contributed by atoms with Gasteiger partial charge in [0, 0.05) is 36.1 Å². The van der Waals surface area contributed by atoms with Crippen LogP contribution in [0.3, 0.4) is 0 Å². The molecule has 5 aromatic rings. The summed E-state index contributed by atoms with van der Waals surface area (Å²) in [5, 5.41) is 8.15. The zero-order valence-electron chi connectivity index (χ0n) is 21.7. The van der Waals surface area contributed by atoms with Gasteiger partial charge in [0.15, 0.2) is 17.3 Å². The Hall–Kier alpha value is -4.14. The molecule has 0 saturated carbocycles. The van der Waals surface area contributed by atoms with Crippen LogP contribution in [0.1, 0.15) is 56.5 Å². The molecule has 0 unspecified atom stereocenters. The van der Waals surface area contributed by atoms with E-state index >= 15 is 0 Å². The van der Waals surface area contributed by atoms with Gasteiger partial charge in [-0.1, -0.05) is 62.4 Å². The molecule has 3 aromatic heterocycles. The van der Waals surface area contributed by atoms with E-state index in [9.17, 15) is 13.2 Å². The third-order valence-corrected chi connectivity index (χ3v) is 6.47. The molecule has 0 amide bonds. The van der Waals surface area contributed by atoms with Crippen molar-refractivity contribution in [2.45, 2.75) is 52.4 Å². The van der Waals surface area contributed by atoms with Crippen molar-refractivity contribution in [2.75, 3.05) is 5.32 Å². The van der Waals surface area contributed by atoms with Crippen molar-refractivity contribution in [1.82, 2.24) is 24.1 Å². The van der Waals surface area contributed by atoms with Gasteiger partial charge in [-0.25, -0.2) is 14.5 Å². The predicted octanol–water partition coefficient (Wildman–Crippen LogP) is 7.60. The molecule has 9 heteroatoms. The molecule has 0 aliphatic rings. The SMILES string of the molecule is CC(C)c1ccccc1-c1nc(NCc2ccc(-c3nc(C(F)(F)F)cn3C(C)C)cc2)c2cccn2n1. The van der Waals surface area contributed by atoms with E-state index in [0.29, 0.717) is 35.5 Å². The van der Waals surface area contributed by atoms with Crippen molar-refractivity contribution < 1.29 is 13.2 Å². The van der Waals surface area contributed by atoms with Crippen LogP contribution >= 0.6 is 0 Å². The summed E-state index contributed by atoms with van der Waals surface area (Å²) in [5.41, 5.74) is 3.72. The van der Waals surface area contributed by atoms with Gasteiger partial charge in [0.1, 0.15) is 11.3 Å². The Kier molecular flexibility index (Phi) is 6.69. The molecule has 0 bridgehead atoms. The van der Waals surface area contributed by atoms with Gasteiger partial charge < -0.3 is 9.88 Å². The number of rotatable bonds is 7. The fourth-order valence-electron chi connectivity index (χ4n) is 4.48. The fourth-order valence-corrected chi connectivity index (χ4v) is 4.48. The van der Waals surface area contributed by atoms with Crippen molar-refractivity contribution >= 4 is 11.3 Å². The number of fused-ring (bicyclic) bond motifs is 1. The van der Waals surface area contributed by atoms with Gasteiger partial charge in [-0.3, -0.25) is 0 Å². The second-order valence-electron chi connectivity index (χ2n) is 9.86. The first-order valence-corrected chi connectivity index (χ1v) is 12.6. The zero-order valence-corrected chi connectivity index (χ0v) is 21.7. The van der Waals surface area contributed by atoms with Crippen LogP contribution in [-0.4, -0.2) is 24.1 Å².